The molecule has 4 rings (SSSR count). The first kappa shape index (κ1) is 19.6. The predicted octanol–water partition coefficient (Wildman–Crippen LogP) is 4.31. The van der Waals surface area contributed by atoms with Gasteiger partial charge in [0.15, 0.2) is 23.0 Å². The van der Waals surface area contributed by atoms with E-state index in [-0.39, 0.29) is 11.0 Å². The number of hydrogen-bond donors (Lipinski definition) is 1. The summed E-state index contributed by atoms with van der Waals surface area (Å²) in [6.07, 6.45) is 1.33. The van der Waals surface area contributed by atoms with Crippen molar-refractivity contribution < 1.29 is 28.8 Å². The molecule has 9 heteroatoms. The summed E-state index contributed by atoms with van der Waals surface area (Å²) < 4.78 is 23.6. The lowest BCUT2D eigenvalue weighted by Crippen LogP contribution is -2.18. The van der Waals surface area contributed by atoms with E-state index in [2.05, 4.69) is 20.8 Å². The van der Waals surface area contributed by atoms with Crippen molar-refractivity contribution in [1.82, 2.24) is 0 Å². The van der Waals surface area contributed by atoms with Gasteiger partial charge in [0.1, 0.15) is 38.1 Å². The summed E-state index contributed by atoms with van der Waals surface area (Å²) in [6, 6.07) is 1.71. The highest BCUT2D eigenvalue weighted by Gasteiger charge is 2.35. The highest BCUT2D eigenvalue weighted by Crippen LogP contribution is 2.59. The van der Waals surface area contributed by atoms with E-state index in [1.807, 2.05) is 0 Å². The van der Waals surface area contributed by atoms with Crippen LogP contribution in [-0.4, -0.2) is 37.5 Å². The second kappa shape index (κ2) is 7.28. The van der Waals surface area contributed by atoms with Crippen LogP contribution in [0.15, 0.2) is 5.57 Å². The molecule has 0 aromatic carbocycles. The first-order valence-corrected chi connectivity index (χ1v) is 10.6. The van der Waals surface area contributed by atoms with Gasteiger partial charge in [0.2, 0.25) is 0 Å². The highest BCUT2D eigenvalue weighted by molar-refractivity contribution is 7.23. The van der Waals surface area contributed by atoms with Crippen LogP contribution in [-0.2, 0) is 10.2 Å². The van der Waals surface area contributed by atoms with Gasteiger partial charge in [-0.05, 0) is 6.08 Å². The van der Waals surface area contributed by atoms with E-state index < -0.39 is 5.97 Å². The topological polar surface area (TPSA) is 98.0 Å². The molecule has 29 heavy (non-hydrogen) atoms. The van der Waals surface area contributed by atoms with Crippen molar-refractivity contribution in [2.45, 2.75) is 26.2 Å². The van der Waals surface area contributed by atoms with Crippen molar-refractivity contribution in [3.8, 4) is 38.8 Å². The smallest absolute Gasteiger partial charge is 0.346 e. The molecule has 0 saturated heterocycles. The first-order valence-electron chi connectivity index (χ1n) is 9.02. The number of carbonyl (C=O) groups is 1. The van der Waals surface area contributed by atoms with Crippen molar-refractivity contribution in [2.24, 2.45) is 0 Å². The summed E-state index contributed by atoms with van der Waals surface area (Å²) >= 11 is 2.90. The van der Waals surface area contributed by atoms with Crippen LogP contribution in [0.5, 0.6) is 23.0 Å². The summed E-state index contributed by atoms with van der Waals surface area (Å²) in [4.78, 5) is 14.5. The lowest BCUT2D eigenvalue weighted by Gasteiger charge is -2.22. The monoisotopic (exact) mass is 433 g/mol. The van der Waals surface area contributed by atoms with Gasteiger partial charge in [-0.15, -0.1) is 22.7 Å². The largest absolute Gasteiger partial charge is 0.485 e. The number of nitriles is 1. The Hall–Kier alpha value is -2.70. The van der Waals surface area contributed by atoms with Crippen molar-refractivity contribution in [1.29, 1.82) is 5.26 Å². The fraction of sp³-hybridized carbons (Fsp3) is 0.400. The average molecular weight is 434 g/mol. The Labute approximate surface area is 175 Å². The normalized spacial score (nSPS) is 15.7. The fourth-order valence-electron chi connectivity index (χ4n) is 3.08. The molecule has 0 aliphatic carbocycles. The number of rotatable bonds is 3. The van der Waals surface area contributed by atoms with Crippen molar-refractivity contribution >= 4 is 34.7 Å². The Morgan fingerprint density at radius 2 is 1.48 bits per heavy atom. The fourth-order valence-corrected chi connectivity index (χ4v) is 5.59. The zero-order chi connectivity index (χ0) is 20.8. The number of carboxylic acid groups (broad SMARTS) is 1. The summed E-state index contributed by atoms with van der Waals surface area (Å²) in [5, 5.41) is 18.4. The number of aliphatic carboxylic acids is 1. The van der Waals surface area contributed by atoms with E-state index in [9.17, 15) is 9.90 Å². The Bertz CT molecular complexity index is 1050. The van der Waals surface area contributed by atoms with Crippen molar-refractivity contribution in [2.75, 3.05) is 26.4 Å². The maximum Gasteiger partial charge on any atom is 0.346 e. The number of thiophene rings is 2. The molecule has 0 radical (unpaired) electrons. The van der Waals surface area contributed by atoms with Gasteiger partial charge >= 0.3 is 5.97 Å². The number of carboxylic acids is 1. The lowest BCUT2D eigenvalue weighted by molar-refractivity contribution is -0.132. The van der Waals surface area contributed by atoms with Gasteiger partial charge < -0.3 is 24.1 Å². The number of fused-ring (bicyclic) bond motifs is 2. The molecule has 0 spiro atoms. The van der Waals surface area contributed by atoms with Gasteiger partial charge in [-0.25, -0.2) is 4.79 Å². The van der Waals surface area contributed by atoms with E-state index in [4.69, 9.17) is 24.2 Å². The average Bonchev–Trinajstić information content (AvgIpc) is 3.24. The Balaban J connectivity index is 1.92. The van der Waals surface area contributed by atoms with Gasteiger partial charge in [0, 0.05) is 5.41 Å². The minimum absolute atomic E-state index is 0.137. The van der Waals surface area contributed by atoms with Gasteiger partial charge in [0.25, 0.3) is 0 Å². The Morgan fingerprint density at radius 1 is 0.966 bits per heavy atom. The molecule has 2 aliphatic rings. The van der Waals surface area contributed by atoms with Crippen LogP contribution in [0.25, 0.3) is 15.8 Å². The number of nitrogens with zero attached hydrogens (tertiary/aromatic N) is 1. The van der Waals surface area contributed by atoms with Gasteiger partial charge in [-0.1, -0.05) is 20.8 Å². The number of hydrogen-bond acceptors (Lipinski definition) is 8. The Kier molecular flexibility index (Phi) is 4.92. The third kappa shape index (κ3) is 3.43. The molecule has 4 heterocycles. The van der Waals surface area contributed by atoms with Crippen LogP contribution in [0, 0.1) is 11.3 Å². The molecule has 0 amide bonds. The van der Waals surface area contributed by atoms with Crippen LogP contribution >= 0.6 is 22.7 Å². The molecule has 152 valence electrons. The second-order valence-electron chi connectivity index (χ2n) is 7.49. The maximum absolute atomic E-state index is 11.3. The molecule has 2 aromatic heterocycles. The Morgan fingerprint density at radius 3 is 2.03 bits per heavy atom. The first-order chi connectivity index (χ1) is 13.8. The minimum atomic E-state index is -1.28. The van der Waals surface area contributed by atoms with Crippen LogP contribution in [0.4, 0.5) is 0 Å². The molecular formula is C20H19NO6S2. The molecule has 7 nitrogen and oxygen atoms in total. The van der Waals surface area contributed by atoms with Gasteiger partial charge in [0.05, 0.1) is 19.5 Å². The summed E-state index contributed by atoms with van der Waals surface area (Å²) in [5.74, 6) is 1.16. The summed E-state index contributed by atoms with van der Waals surface area (Å²) in [6.45, 7) is 8.04. The molecule has 2 aliphatic heterocycles. The van der Waals surface area contributed by atoms with E-state index in [1.54, 1.807) is 17.4 Å². The van der Waals surface area contributed by atoms with Crippen LogP contribution in [0.2, 0.25) is 0 Å². The van der Waals surface area contributed by atoms with Gasteiger partial charge in [-0.3, -0.25) is 0 Å². The van der Waals surface area contributed by atoms with Crippen LogP contribution in [0.1, 0.15) is 30.5 Å². The van der Waals surface area contributed by atoms with Crippen LogP contribution < -0.4 is 18.9 Å². The molecule has 2 aromatic rings. The van der Waals surface area contributed by atoms with Crippen molar-refractivity contribution in [3.05, 3.63) is 15.3 Å². The SMILES string of the molecule is CC(C)(C)c1sc(-c2sc(/C=C(\C#N)C(=O)O)c3c2OCCO3)c2c1OCCO2. The van der Waals surface area contributed by atoms with E-state index >= 15 is 0 Å². The molecule has 0 saturated carbocycles. The predicted molar refractivity (Wildman–Crippen MR) is 110 cm³/mol. The quantitative estimate of drug-likeness (QED) is 0.569. The zero-order valence-corrected chi connectivity index (χ0v) is 17.8. The molecule has 0 fully saturated rings. The molecular weight excluding hydrogens is 414 g/mol. The third-order valence-corrected chi connectivity index (χ3v) is 7.18. The minimum Gasteiger partial charge on any atom is -0.485 e. The van der Waals surface area contributed by atoms with E-state index in [0.29, 0.717) is 48.6 Å². The van der Waals surface area contributed by atoms with Crippen LogP contribution in [0.3, 0.4) is 0 Å². The van der Waals surface area contributed by atoms with E-state index in [1.165, 1.54) is 17.4 Å². The van der Waals surface area contributed by atoms with Crippen molar-refractivity contribution in [3.63, 3.8) is 0 Å². The number of ether oxygens (including phenoxy) is 4. The molecule has 0 atom stereocenters. The second-order valence-corrected chi connectivity index (χ2v) is 9.56. The third-order valence-electron chi connectivity index (χ3n) is 4.34. The highest BCUT2D eigenvalue weighted by atomic mass is 32.1. The van der Waals surface area contributed by atoms with E-state index in [0.717, 1.165) is 20.4 Å². The summed E-state index contributed by atoms with van der Waals surface area (Å²) in [7, 11) is 0. The van der Waals surface area contributed by atoms with Gasteiger partial charge in [-0.2, -0.15) is 5.26 Å². The lowest BCUT2D eigenvalue weighted by atomic mass is 9.94. The zero-order valence-electron chi connectivity index (χ0n) is 16.2. The maximum atomic E-state index is 11.3. The summed E-state index contributed by atoms with van der Waals surface area (Å²) in [5.41, 5.74) is -0.500. The molecule has 0 unspecified atom stereocenters. The standard InChI is InChI=1S/C20H19NO6S2/c1-20(2,3)18-15-14(26-6-7-27-15)17(29-18)16-13-12(24-4-5-25-13)11(28-16)8-10(9-21)19(22)23/h8H,4-7H2,1-3H3,(H,22,23)/b10-8+. The molecule has 0 bridgehead atoms. The molecule has 1 N–H and O–H groups in total.